The predicted octanol–water partition coefficient (Wildman–Crippen LogP) is 4.00. The van der Waals surface area contributed by atoms with Crippen LogP contribution in [0.2, 0.25) is 0 Å². The van der Waals surface area contributed by atoms with Gasteiger partial charge in [0.2, 0.25) is 0 Å². The Hall–Kier alpha value is -2.33. The van der Waals surface area contributed by atoms with Gasteiger partial charge in [-0.25, -0.2) is 0 Å². The second-order valence-electron chi connectivity index (χ2n) is 6.87. The fourth-order valence-electron chi connectivity index (χ4n) is 3.07. The maximum Gasteiger partial charge on any atom is 0.251 e. The van der Waals surface area contributed by atoms with Gasteiger partial charge in [0.1, 0.15) is 12.4 Å². The van der Waals surface area contributed by atoms with Gasteiger partial charge < -0.3 is 14.8 Å². The summed E-state index contributed by atoms with van der Waals surface area (Å²) in [5, 5.41) is 3.06. The molecule has 1 aliphatic heterocycles. The van der Waals surface area contributed by atoms with Gasteiger partial charge in [0.25, 0.3) is 5.91 Å². The Balaban J connectivity index is 1.43. The van der Waals surface area contributed by atoms with E-state index in [4.69, 9.17) is 9.47 Å². The smallest absolute Gasteiger partial charge is 0.251 e. The van der Waals surface area contributed by atoms with Crippen LogP contribution in [-0.2, 0) is 11.2 Å². The second kappa shape index (κ2) is 9.39. The molecule has 1 amide bonds. The zero-order valence-corrected chi connectivity index (χ0v) is 15.3. The van der Waals surface area contributed by atoms with Crippen molar-refractivity contribution in [1.29, 1.82) is 0 Å². The summed E-state index contributed by atoms with van der Waals surface area (Å²) in [6.07, 6.45) is 4.23. The zero-order chi connectivity index (χ0) is 18.2. The molecule has 4 nitrogen and oxygen atoms in total. The number of nitrogens with one attached hydrogen (secondary N) is 1. The fraction of sp³-hybridized carbons (Fsp3) is 0.409. The van der Waals surface area contributed by atoms with Gasteiger partial charge in [0.05, 0.1) is 6.10 Å². The normalized spacial score (nSPS) is 17.7. The average Bonchev–Trinajstić information content (AvgIpc) is 3.19. The average molecular weight is 353 g/mol. The number of hydrogen-bond donors (Lipinski definition) is 1. The highest BCUT2D eigenvalue weighted by Crippen LogP contribution is 2.17. The number of carbonyl (C=O) groups excluding carboxylic acids is 1. The van der Waals surface area contributed by atoms with Crippen molar-refractivity contribution in [3.63, 3.8) is 0 Å². The quantitative estimate of drug-likeness (QED) is 0.780. The molecule has 1 heterocycles. The Morgan fingerprint density at radius 3 is 2.65 bits per heavy atom. The Kier molecular flexibility index (Phi) is 6.67. The summed E-state index contributed by atoms with van der Waals surface area (Å²) in [6, 6.07) is 17.8. The number of benzene rings is 2. The summed E-state index contributed by atoms with van der Waals surface area (Å²) in [4.78, 5) is 12.4. The highest BCUT2D eigenvalue weighted by molar-refractivity contribution is 5.94. The maximum absolute atomic E-state index is 12.4. The number of ether oxygens (including phenoxy) is 2. The Morgan fingerprint density at radius 2 is 1.96 bits per heavy atom. The number of aryl methyl sites for hydroxylation is 1. The van der Waals surface area contributed by atoms with E-state index in [2.05, 4.69) is 17.4 Å². The van der Waals surface area contributed by atoms with Crippen LogP contribution in [-0.4, -0.2) is 31.3 Å². The summed E-state index contributed by atoms with van der Waals surface area (Å²) in [6.45, 7) is 3.44. The minimum atomic E-state index is -0.0452. The van der Waals surface area contributed by atoms with Crippen molar-refractivity contribution in [3.8, 4) is 5.75 Å². The molecule has 3 rings (SSSR count). The fourth-order valence-corrected chi connectivity index (χ4v) is 3.07. The molecule has 0 radical (unpaired) electrons. The molecule has 26 heavy (non-hydrogen) atoms. The summed E-state index contributed by atoms with van der Waals surface area (Å²) < 4.78 is 11.3. The van der Waals surface area contributed by atoms with Gasteiger partial charge in [-0.1, -0.05) is 30.3 Å². The third kappa shape index (κ3) is 5.60. The monoisotopic (exact) mass is 353 g/mol. The van der Waals surface area contributed by atoms with Crippen LogP contribution >= 0.6 is 0 Å². The van der Waals surface area contributed by atoms with Crippen LogP contribution in [0.25, 0.3) is 0 Å². The molecule has 1 N–H and O–H groups in total. The topological polar surface area (TPSA) is 47.6 Å². The molecular formula is C22H27NO3. The third-order valence-corrected chi connectivity index (χ3v) is 4.66. The largest absolute Gasteiger partial charge is 0.491 e. The van der Waals surface area contributed by atoms with Gasteiger partial charge in [0, 0.05) is 18.2 Å². The minimum Gasteiger partial charge on any atom is -0.491 e. The van der Waals surface area contributed by atoms with Crippen molar-refractivity contribution < 1.29 is 14.3 Å². The number of rotatable bonds is 8. The molecule has 2 aromatic carbocycles. The predicted molar refractivity (Wildman–Crippen MR) is 103 cm³/mol. The van der Waals surface area contributed by atoms with E-state index in [0.29, 0.717) is 12.2 Å². The molecule has 4 heteroatoms. The van der Waals surface area contributed by atoms with Gasteiger partial charge in [-0.15, -0.1) is 0 Å². The van der Waals surface area contributed by atoms with E-state index in [1.165, 1.54) is 5.56 Å². The van der Waals surface area contributed by atoms with Crippen molar-refractivity contribution >= 4 is 5.91 Å². The van der Waals surface area contributed by atoms with Gasteiger partial charge in [-0.2, -0.15) is 0 Å². The molecule has 2 unspecified atom stereocenters. The van der Waals surface area contributed by atoms with Crippen LogP contribution in [0.4, 0.5) is 0 Å². The molecule has 0 bridgehead atoms. The lowest BCUT2D eigenvalue weighted by molar-refractivity contribution is 0.0679. The molecule has 1 fully saturated rings. The van der Waals surface area contributed by atoms with Crippen LogP contribution in [0.5, 0.6) is 5.75 Å². The van der Waals surface area contributed by atoms with E-state index < -0.39 is 0 Å². The summed E-state index contributed by atoms with van der Waals surface area (Å²) in [5.41, 5.74) is 1.95. The Labute approximate surface area is 155 Å². The molecule has 0 saturated carbocycles. The zero-order valence-electron chi connectivity index (χ0n) is 15.3. The second-order valence-corrected chi connectivity index (χ2v) is 6.87. The molecule has 1 aliphatic rings. The Morgan fingerprint density at radius 1 is 1.19 bits per heavy atom. The number of carbonyl (C=O) groups is 1. The van der Waals surface area contributed by atoms with Gasteiger partial charge >= 0.3 is 0 Å². The minimum absolute atomic E-state index is 0.0452. The highest BCUT2D eigenvalue weighted by Gasteiger charge is 2.16. The maximum atomic E-state index is 12.4. The molecule has 2 aromatic rings. The van der Waals surface area contributed by atoms with E-state index in [0.717, 1.165) is 38.0 Å². The van der Waals surface area contributed by atoms with Crippen LogP contribution in [0.1, 0.15) is 42.1 Å². The first kappa shape index (κ1) is 18.5. The van der Waals surface area contributed by atoms with Crippen LogP contribution < -0.4 is 10.1 Å². The SMILES string of the molecule is CC(CCc1ccccc1)NC(=O)c1ccc(OCC2CCCO2)cc1. The molecule has 1 saturated heterocycles. The summed E-state index contributed by atoms with van der Waals surface area (Å²) in [7, 11) is 0. The van der Waals surface area contributed by atoms with E-state index in [9.17, 15) is 4.79 Å². The van der Waals surface area contributed by atoms with E-state index in [1.807, 2.05) is 49.4 Å². The van der Waals surface area contributed by atoms with E-state index in [-0.39, 0.29) is 18.1 Å². The lowest BCUT2D eigenvalue weighted by atomic mass is 10.1. The summed E-state index contributed by atoms with van der Waals surface area (Å²) >= 11 is 0. The molecule has 0 aromatic heterocycles. The molecule has 0 aliphatic carbocycles. The molecular weight excluding hydrogens is 326 g/mol. The van der Waals surface area contributed by atoms with Crippen molar-refractivity contribution in [2.45, 2.75) is 44.8 Å². The first-order valence-electron chi connectivity index (χ1n) is 9.40. The standard InChI is InChI=1S/C22H27NO3/c1-17(9-10-18-6-3-2-4-7-18)23-22(24)19-11-13-20(14-12-19)26-16-21-8-5-15-25-21/h2-4,6-7,11-14,17,21H,5,8-10,15-16H2,1H3,(H,23,24). The molecule has 0 spiro atoms. The van der Waals surface area contributed by atoms with Gasteiger partial charge in [-0.3, -0.25) is 4.79 Å². The van der Waals surface area contributed by atoms with Crippen LogP contribution in [0.15, 0.2) is 54.6 Å². The highest BCUT2D eigenvalue weighted by atomic mass is 16.5. The molecule has 138 valence electrons. The van der Waals surface area contributed by atoms with Crippen molar-refractivity contribution in [2.75, 3.05) is 13.2 Å². The number of amides is 1. The van der Waals surface area contributed by atoms with Crippen molar-refractivity contribution in [2.24, 2.45) is 0 Å². The van der Waals surface area contributed by atoms with Crippen molar-refractivity contribution in [3.05, 3.63) is 65.7 Å². The first-order chi connectivity index (χ1) is 12.7. The first-order valence-corrected chi connectivity index (χ1v) is 9.40. The van der Waals surface area contributed by atoms with Gasteiger partial charge in [0.15, 0.2) is 0 Å². The molecule has 2 atom stereocenters. The Bertz CT molecular complexity index is 678. The van der Waals surface area contributed by atoms with Crippen LogP contribution in [0.3, 0.4) is 0 Å². The lowest BCUT2D eigenvalue weighted by Gasteiger charge is -2.15. The van der Waals surface area contributed by atoms with Gasteiger partial charge in [-0.05, 0) is 62.4 Å². The van der Waals surface area contributed by atoms with E-state index >= 15 is 0 Å². The number of hydrogen-bond acceptors (Lipinski definition) is 3. The lowest BCUT2D eigenvalue weighted by Crippen LogP contribution is -2.32. The van der Waals surface area contributed by atoms with Crippen molar-refractivity contribution in [1.82, 2.24) is 5.32 Å². The third-order valence-electron chi connectivity index (χ3n) is 4.66. The van der Waals surface area contributed by atoms with Crippen LogP contribution in [0, 0.1) is 0 Å². The van der Waals surface area contributed by atoms with E-state index in [1.54, 1.807) is 0 Å². The summed E-state index contributed by atoms with van der Waals surface area (Å²) in [5.74, 6) is 0.727.